The van der Waals surface area contributed by atoms with E-state index in [1.54, 1.807) is 24.3 Å². The fraction of sp³-hybridized carbons (Fsp3) is 0.323. The van der Waals surface area contributed by atoms with E-state index >= 15 is 0 Å². The molecule has 212 valence electrons. The molecule has 3 aromatic rings. The smallest absolute Gasteiger partial charge is 0.294 e. The fourth-order valence-electron chi connectivity index (χ4n) is 6.78. The summed E-state index contributed by atoms with van der Waals surface area (Å²) in [6.07, 6.45) is -6.62. The number of amides is 2. The Balaban J connectivity index is 1.40. The normalized spacial score (nSPS) is 24.4. The minimum atomic E-state index is -5.14. The maximum atomic E-state index is 13.8. The van der Waals surface area contributed by atoms with E-state index in [0.29, 0.717) is 35.4 Å². The molecule has 1 aliphatic heterocycles. The molecule has 4 nitrogen and oxygen atoms in total. The maximum absolute atomic E-state index is 13.8. The van der Waals surface area contributed by atoms with Crippen molar-refractivity contribution in [1.82, 2.24) is 0 Å². The maximum Gasteiger partial charge on any atom is 0.416 e. The van der Waals surface area contributed by atoms with Gasteiger partial charge in [-0.2, -0.15) is 26.3 Å². The lowest BCUT2D eigenvalue weighted by atomic mass is 9.67. The van der Waals surface area contributed by atoms with Crippen LogP contribution in [0.3, 0.4) is 0 Å². The number of halogens is 6. The fourth-order valence-corrected chi connectivity index (χ4v) is 6.78. The van der Waals surface area contributed by atoms with Gasteiger partial charge in [0.15, 0.2) is 5.78 Å². The van der Waals surface area contributed by atoms with Crippen molar-refractivity contribution in [2.45, 2.75) is 38.0 Å². The first-order valence-corrected chi connectivity index (χ1v) is 13.2. The zero-order chi connectivity index (χ0) is 29.3. The van der Waals surface area contributed by atoms with Gasteiger partial charge >= 0.3 is 12.4 Å². The SMILES string of the molecule is O=C(C[C@H]1C=C2CCC[C@H]2C2C(=O)N(c3cc(C(F)(F)F)cc(C(F)(F)F)c3)C(=O)C21)c1cccc2ccccc12. The molecule has 0 N–H and O–H groups in total. The highest BCUT2D eigenvalue weighted by Gasteiger charge is 2.57. The van der Waals surface area contributed by atoms with E-state index in [0.717, 1.165) is 22.8 Å². The summed E-state index contributed by atoms with van der Waals surface area (Å²) >= 11 is 0. The lowest BCUT2D eigenvalue weighted by Gasteiger charge is -2.33. The Hall–Kier alpha value is -3.95. The van der Waals surface area contributed by atoms with Gasteiger partial charge < -0.3 is 0 Å². The first kappa shape index (κ1) is 27.2. The van der Waals surface area contributed by atoms with Gasteiger partial charge in [-0.25, -0.2) is 4.90 Å². The van der Waals surface area contributed by atoms with Crippen LogP contribution in [0.4, 0.5) is 32.0 Å². The molecule has 0 spiro atoms. The van der Waals surface area contributed by atoms with Crippen molar-refractivity contribution >= 4 is 34.1 Å². The van der Waals surface area contributed by atoms with E-state index in [-0.39, 0.29) is 24.2 Å². The van der Waals surface area contributed by atoms with Gasteiger partial charge in [0.25, 0.3) is 0 Å². The first-order valence-electron chi connectivity index (χ1n) is 13.2. The van der Waals surface area contributed by atoms with Crippen molar-refractivity contribution in [3.8, 4) is 0 Å². The number of ketones is 1. The molecule has 41 heavy (non-hydrogen) atoms. The third kappa shape index (κ3) is 4.63. The van der Waals surface area contributed by atoms with Crippen LogP contribution >= 0.6 is 0 Å². The Morgan fingerprint density at radius 2 is 1.46 bits per heavy atom. The molecular weight excluding hydrogens is 548 g/mol. The van der Waals surface area contributed by atoms with Crippen LogP contribution in [0, 0.1) is 23.7 Å². The van der Waals surface area contributed by atoms with Crippen molar-refractivity contribution in [3.63, 3.8) is 0 Å². The van der Waals surface area contributed by atoms with Gasteiger partial charge in [-0.1, -0.05) is 54.1 Å². The standard InChI is InChI=1S/C31H23F6NO3/c32-30(33,34)19-13-20(31(35,36)37)15-21(14-19)38-28(40)26-18(11-17-7-4-9-23(17)27(26)29(38)41)12-25(39)24-10-3-6-16-5-1-2-8-22(16)24/h1-3,5-6,8,10-11,13-15,18,23,26-27H,4,7,9,12H2/t18-,23-,26?,27?/m1/s1. The average molecular weight is 572 g/mol. The molecule has 0 bridgehead atoms. The molecule has 2 amide bonds. The second kappa shape index (κ2) is 9.56. The van der Waals surface area contributed by atoms with Gasteiger partial charge in [0.05, 0.1) is 28.7 Å². The third-order valence-electron chi connectivity index (χ3n) is 8.52. The number of allylic oxidation sites excluding steroid dienone is 2. The second-order valence-electron chi connectivity index (χ2n) is 10.9. The van der Waals surface area contributed by atoms with E-state index in [1.165, 1.54) is 0 Å². The van der Waals surface area contributed by atoms with Crippen LogP contribution in [0.5, 0.6) is 0 Å². The van der Waals surface area contributed by atoms with E-state index in [9.17, 15) is 40.7 Å². The molecule has 4 atom stereocenters. The van der Waals surface area contributed by atoms with E-state index < -0.39 is 58.7 Å². The summed E-state index contributed by atoms with van der Waals surface area (Å²) in [5.74, 6) is -5.09. The summed E-state index contributed by atoms with van der Waals surface area (Å²) in [5, 5.41) is 1.57. The summed E-state index contributed by atoms with van der Waals surface area (Å²) in [6.45, 7) is 0. The topological polar surface area (TPSA) is 54.5 Å². The molecule has 2 aliphatic carbocycles. The van der Waals surface area contributed by atoms with E-state index in [4.69, 9.17) is 0 Å². The quantitative estimate of drug-likeness (QED) is 0.140. The number of anilines is 1. The Labute approximate surface area is 230 Å². The number of fused-ring (bicyclic) bond motifs is 4. The molecule has 10 heteroatoms. The highest BCUT2D eigenvalue weighted by atomic mass is 19.4. The van der Waals surface area contributed by atoms with Crippen LogP contribution < -0.4 is 4.90 Å². The van der Waals surface area contributed by atoms with Gasteiger partial charge in [0, 0.05) is 12.0 Å². The molecule has 1 heterocycles. The summed E-state index contributed by atoms with van der Waals surface area (Å²) < 4.78 is 81.4. The van der Waals surface area contributed by atoms with Crippen LogP contribution in [0.1, 0.15) is 47.2 Å². The number of Topliss-reactive ketones (excluding diaryl/α,β-unsaturated/α-hetero) is 1. The van der Waals surface area contributed by atoms with Crippen LogP contribution in [-0.4, -0.2) is 17.6 Å². The first-order chi connectivity index (χ1) is 19.3. The monoisotopic (exact) mass is 571 g/mol. The van der Waals surface area contributed by atoms with Gasteiger partial charge in [0.1, 0.15) is 0 Å². The molecule has 1 saturated carbocycles. The molecule has 2 fully saturated rings. The predicted octanol–water partition coefficient (Wildman–Crippen LogP) is 7.61. The number of hydrogen-bond acceptors (Lipinski definition) is 3. The number of carbonyl (C=O) groups excluding carboxylic acids is 3. The number of hydrogen-bond donors (Lipinski definition) is 0. The van der Waals surface area contributed by atoms with Gasteiger partial charge in [-0.15, -0.1) is 0 Å². The van der Waals surface area contributed by atoms with E-state index in [1.807, 2.05) is 24.3 Å². The lowest BCUT2D eigenvalue weighted by Crippen LogP contribution is -2.35. The van der Waals surface area contributed by atoms with Crippen LogP contribution in [0.2, 0.25) is 0 Å². The zero-order valence-corrected chi connectivity index (χ0v) is 21.4. The summed E-state index contributed by atoms with van der Waals surface area (Å²) in [6, 6.07) is 13.3. The number of imide groups is 1. The summed E-state index contributed by atoms with van der Waals surface area (Å²) in [4.78, 5) is 41.6. The molecule has 3 aromatic carbocycles. The van der Waals surface area contributed by atoms with Crippen molar-refractivity contribution in [1.29, 1.82) is 0 Å². The zero-order valence-electron chi connectivity index (χ0n) is 21.4. The highest BCUT2D eigenvalue weighted by molar-refractivity contribution is 6.23. The third-order valence-corrected chi connectivity index (χ3v) is 8.52. The van der Waals surface area contributed by atoms with Crippen molar-refractivity contribution in [3.05, 3.63) is 89.0 Å². The van der Waals surface area contributed by atoms with Crippen molar-refractivity contribution < 1.29 is 40.7 Å². The van der Waals surface area contributed by atoms with Crippen molar-refractivity contribution in [2.75, 3.05) is 4.90 Å². The van der Waals surface area contributed by atoms with Crippen LogP contribution in [0.25, 0.3) is 10.8 Å². The second-order valence-corrected chi connectivity index (χ2v) is 10.9. The lowest BCUT2D eigenvalue weighted by molar-refractivity contribution is -0.143. The van der Waals surface area contributed by atoms with Crippen molar-refractivity contribution in [2.24, 2.45) is 23.7 Å². The molecule has 0 aromatic heterocycles. The largest absolute Gasteiger partial charge is 0.416 e. The minimum Gasteiger partial charge on any atom is -0.294 e. The molecule has 1 saturated heterocycles. The average Bonchev–Trinajstić information content (AvgIpc) is 3.48. The molecule has 3 aliphatic rings. The Morgan fingerprint density at radius 1 is 0.829 bits per heavy atom. The highest BCUT2D eigenvalue weighted by Crippen LogP contribution is 2.53. The number of rotatable bonds is 4. The van der Waals surface area contributed by atoms with Gasteiger partial charge in [0.2, 0.25) is 11.8 Å². The Morgan fingerprint density at radius 3 is 2.15 bits per heavy atom. The van der Waals surface area contributed by atoms with Gasteiger partial charge in [-0.3, -0.25) is 14.4 Å². The molecule has 6 rings (SSSR count). The summed E-state index contributed by atoms with van der Waals surface area (Å²) in [7, 11) is 0. The molecule has 2 unspecified atom stereocenters. The van der Waals surface area contributed by atoms with Crippen LogP contribution in [-0.2, 0) is 21.9 Å². The number of nitrogens with zero attached hydrogens (tertiary/aromatic N) is 1. The van der Waals surface area contributed by atoms with E-state index in [2.05, 4.69) is 0 Å². The predicted molar refractivity (Wildman–Crippen MR) is 138 cm³/mol. The number of alkyl halides is 6. The Kier molecular flexibility index (Phi) is 6.35. The minimum absolute atomic E-state index is 0.0378. The number of carbonyl (C=O) groups is 3. The van der Waals surface area contributed by atoms with Crippen LogP contribution in [0.15, 0.2) is 72.3 Å². The number of benzene rings is 3. The van der Waals surface area contributed by atoms with Gasteiger partial charge in [-0.05, 0) is 60.1 Å². The Bertz CT molecular complexity index is 1580. The summed E-state index contributed by atoms with van der Waals surface area (Å²) in [5.41, 5.74) is -2.64. The molecule has 0 radical (unpaired) electrons. The molecular formula is C31H23F6NO3.